The van der Waals surface area contributed by atoms with Gasteiger partial charge in [-0.1, -0.05) is 48.5 Å². The molecule has 1 atom stereocenters. The number of carbonyl (C=O) groups is 2. The Morgan fingerprint density at radius 3 is 2.54 bits per heavy atom. The predicted octanol–water partition coefficient (Wildman–Crippen LogP) is 4.28. The SMILES string of the molecule is CCOC(=O)[C@]1(Cc2ccccc2)CCCN(Cc2cccc(C(C)=O)c2)C1. The zero-order chi connectivity index (χ0) is 20.0. The van der Waals surface area contributed by atoms with Crippen molar-refractivity contribution in [3.63, 3.8) is 0 Å². The molecule has 0 bridgehead atoms. The third-order valence-electron chi connectivity index (χ3n) is 5.49. The number of likely N-dealkylation sites (tertiary alicyclic amines) is 1. The number of carbonyl (C=O) groups excluding carboxylic acids is 2. The Morgan fingerprint density at radius 1 is 1.07 bits per heavy atom. The number of ketones is 1. The summed E-state index contributed by atoms with van der Waals surface area (Å²) in [5, 5.41) is 0. The summed E-state index contributed by atoms with van der Waals surface area (Å²) in [6, 6.07) is 18.0. The van der Waals surface area contributed by atoms with Crippen molar-refractivity contribution in [2.24, 2.45) is 5.41 Å². The van der Waals surface area contributed by atoms with Crippen molar-refractivity contribution in [1.29, 1.82) is 0 Å². The van der Waals surface area contributed by atoms with Crippen LogP contribution in [0.4, 0.5) is 0 Å². The molecule has 0 saturated carbocycles. The molecule has 1 aliphatic heterocycles. The lowest BCUT2D eigenvalue weighted by Crippen LogP contribution is -2.49. The maximum Gasteiger partial charge on any atom is 0.313 e. The van der Waals surface area contributed by atoms with Gasteiger partial charge in [-0.05, 0) is 56.8 Å². The van der Waals surface area contributed by atoms with Gasteiger partial charge in [0.25, 0.3) is 0 Å². The summed E-state index contributed by atoms with van der Waals surface area (Å²) in [5.41, 5.74) is 2.48. The molecule has 4 heteroatoms. The molecule has 0 amide bonds. The lowest BCUT2D eigenvalue weighted by Gasteiger charge is -2.41. The number of Topliss-reactive ketones (excluding diaryl/α,β-unsaturated/α-hetero) is 1. The standard InChI is InChI=1S/C24H29NO3/c1-3-28-23(27)24(16-20-9-5-4-6-10-20)13-8-14-25(18-24)17-21-11-7-12-22(15-21)19(2)26/h4-7,9-12,15H,3,8,13-14,16-18H2,1-2H3/t24-/m0/s1. The molecule has 1 aliphatic rings. The molecular weight excluding hydrogens is 350 g/mol. The molecule has 2 aromatic carbocycles. The summed E-state index contributed by atoms with van der Waals surface area (Å²) < 4.78 is 5.50. The first-order valence-electron chi connectivity index (χ1n) is 10.1. The van der Waals surface area contributed by atoms with Gasteiger partial charge in [-0.2, -0.15) is 0 Å². The van der Waals surface area contributed by atoms with Gasteiger partial charge in [0.1, 0.15) is 0 Å². The van der Waals surface area contributed by atoms with E-state index in [9.17, 15) is 9.59 Å². The fourth-order valence-corrected chi connectivity index (χ4v) is 4.16. The number of hydrogen-bond donors (Lipinski definition) is 0. The Bertz CT molecular complexity index is 818. The van der Waals surface area contributed by atoms with Crippen molar-refractivity contribution in [2.75, 3.05) is 19.7 Å². The Labute approximate surface area is 167 Å². The van der Waals surface area contributed by atoms with Gasteiger partial charge in [0, 0.05) is 18.7 Å². The molecule has 0 radical (unpaired) electrons. The van der Waals surface area contributed by atoms with E-state index in [4.69, 9.17) is 4.74 Å². The monoisotopic (exact) mass is 379 g/mol. The van der Waals surface area contributed by atoms with Crippen molar-refractivity contribution >= 4 is 11.8 Å². The molecule has 2 aromatic rings. The zero-order valence-corrected chi connectivity index (χ0v) is 16.8. The van der Waals surface area contributed by atoms with Crippen LogP contribution in [0, 0.1) is 5.41 Å². The summed E-state index contributed by atoms with van der Waals surface area (Å²) in [5.74, 6) is -0.0218. The first kappa shape index (κ1) is 20.3. The van der Waals surface area contributed by atoms with Crippen LogP contribution >= 0.6 is 0 Å². The number of benzene rings is 2. The van der Waals surface area contributed by atoms with E-state index in [-0.39, 0.29) is 11.8 Å². The highest BCUT2D eigenvalue weighted by Crippen LogP contribution is 2.36. The highest BCUT2D eigenvalue weighted by Gasteiger charge is 2.43. The lowest BCUT2D eigenvalue weighted by atomic mass is 9.75. The van der Waals surface area contributed by atoms with Crippen molar-refractivity contribution in [3.8, 4) is 0 Å². The number of hydrogen-bond acceptors (Lipinski definition) is 4. The van der Waals surface area contributed by atoms with Crippen LogP contribution in [0.1, 0.15) is 48.2 Å². The topological polar surface area (TPSA) is 46.6 Å². The summed E-state index contributed by atoms with van der Waals surface area (Å²) in [6.07, 6.45) is 2.49. The Hall–Kier alpha value is -2.46. The molecule has 1 heterocycles. The van der Waals surface area contributed by atoms with Crippen LogP contribution in [0.5, 0.6) is 0 Å². The van der Waals surface area contributed by atoms with Gasteiger partial charge in [0.15, 0.2) is 5.78 Å². The maximum atomic E-state index is 13.0. The number of ether oxygens (including phenoxy) is 1. The van der Waals surface area contributed by atoms with Crippen LogP contribution in [0.2, 0.25) is 0 Å². The molecule has 3 rings (SSSR count). The van der Waals surface area contributed by atoms with E-state index in [1.54, 1.807) is 6.92 Å². The first-order chi connectivity index (χ1) is 13.5. The molecule has 1 saturated heterocycles. The predicted molar refractivity (Wildman–Crippen MR) is 110 cm³/mol. The van der Waals surface area contributed by atoms with Gasteiger partial charge in [-0.15, -0.1) is 0 Å². The third kappa shape index (κ3) is 4.87. The van der Waals surface area contributed by atoms with Gasteiger partial charge >= 0.3 is 5.97 Å². The molecule has 0 N–H and O–H groups in total. The van der Waals surface area contributed by atoms with Crippen molar-refractivity contribution in [2.45, 2.75) is 39.7 Å². The second-order valence-electron chi connectivity index (χ2n) is 7.73. The summed E-state index contributed by atoms with van der Waals surface area (Å²) in [7, 11) is 0. The van der Waals surface area contributed by atoms with E-state index in [1.807, 2.05) is 49.4 Å². The summed E-state index contributed by atoms with van der Waals surface area (Å²) >= 11 is 0. The fraction of sp³-hybridized carbons (Fsp3) is 0.417. The highest BCUT2D eigenvalue weighted by molar-refractivity contribution is 5.94. The van der Waals surface area contributed by atoms with E-state index in [1.165, 1.54) is 0 Å². The van der Waals surface area contributed by atoms with Crippen LogP contribution in [-0.2, 0) is 22.5 Å². The van der Waals surface area contributed by atoms with Crippen molar-refractivity contribution in [1.82, 2.24) is 4.90 Å². The molecular formula is C24H29NO3. The largest absolute Gasteiger partial charge is 0.466 e. The van der Waals surface area contributed by atoms with Gasteiger partial charge < -0.3 is 4.74 Å². The third-order valence-corrected chi connectivity index (χ3v) is 5.49. The molecule has 0 aliphatic carbocycles. The van der Waals surface area contributed by atoms with E-state index >= 15 is 0 Å². The molecule has 28 heavy (non-hydrogen) atoms. The number of nitrogens with zero attached hydrogens (tertiary/aromatic N) is 1. The lowest BCUT2D eigenvalue weighted by molar-refractivity contribution is -0.159. The van der Waals surface area contributed by atoms with Crippen LogP contribution in [-0.4, -0.2) is 36.3 Å². The molecule has 0 spiro atoms. The average Bonchev–Trinajstić information content (AvgIpc) is 2.69. The van der Waals surface area contributed by atoms with E-state index in [2.05, 4.69) is 17.0 Å². The minimum Gasteiger partial charge on any atom is -0.466 e. The molecule has 0 unspecified atom stereocenters. The van der Waals surface area contributed by atoms with Crippen LogP contribution < -0.4 is 0 Å². The van der Waals surface area contributed by atoms with Gasteiger partial charge in [-0.25, -0.2) is 0 Å². The van der Waals surface area contributed by atoms with Gasteiger partial charge in [0.05, 0.1) is 12.0 Å². The minimum atomic E-state index is -0.520. The van der Waals surface area contributed by atoms with Crippen LogP contribution in [0.25, 0.3) is 0 Å². The Balaban J connectivity index is 1.80. The second-order valence-corrected chi connectivity index (χ2v) is 7.73. The molecule has 4 nitrogen and oxygen atoms in total. The van der Waals surface area contributed by atoms with Crippen molar-refractivity contribution in [3.05, 3.63) is 71.3 Å². The smallest absolute Gasteiger partial charge is 0.313 e. The maximum absolute atomic E-state index is 13.0. The fourth-order valence-electron chi connectivity index (χ4n) is 4.16. The first-order valence-corrected chi connectivity index (χ1v) is 10.1. The van der Waals surface area contributed by atoms with E-state index < -0.39 is 5.41 Å². The average molecular weight is 380 g/mol. The van der Waals surface area contributed by atoms with E-state index in [0.717, 1.165) is 42.6 Å². The summed E-state index contributed by atoms with van der Waals surface area (Å²) in [6.45, 7) is 6.20. The van der Waals surface area contributed by atoms with Gasteiger partial charge in [0.2, 0.25) is 0 Å². The quantitative estimate of drug-likeness (QED) is 0.532. The van der Waals surface area contributed by atoms with Crippen LogP contribution in [0.15, 0.2) is 54.6 Å². The summed E-state index contributed by atoms with van der Waals surface area (Å²) in [4.78, 5) is 27.0. The highest BCUT2D eigenvalue weighted by atomic mass is 16.5. The number of piperidine rings is 1. The molecule has 1 fully saturated rings. The number of esters is 1. The molecule has 148 valence electrons. The van der Waals surface area contributed by atoms with Gasteiger partial charge in [-0.3, -0.25) is 14.5 Å². The molecule has 0 aromatic heterocycles. The number of rotatable bonds is 7. The minimum absolute atomic E-state index is 0.0745. The van der Waals surface area contributed by atoms with E-state index in [0.29, 0.717) is 19.6 Å². The second kappa shape index (κ2) is 9.16. The zero-order valence-electron chi connectivity index (χ0n) is 16.8. The van der Waals surface area contributed by atoms with Crippen molar-refractivity contribution < 1.29 is 14.3 Å². The Kier molecular flexibility index (Phi) is 6.63. The normalized spacial score (nSPS) is 19.9. The van der Waals surface area contributed by atoms with Crippen LogP contribution in [0.3, 0.4) is 0 Å². The Morgan fingerprint density at radius 2 is 1.82 bits per heavy atom.